The van der Waals surface area contributed by atoms with E-state index in [9.17, 15) is 14.7 Å². The van der Waals surface area contributed by atoms with Gasteiger partial charge < -0.3 is 15.3 Å². The van der Waals surface area contributed by atoms with E-state index in [-0.39, 0.29) is 29.2 Å². The quantitative estimate of drug-likeness (QED) is 0.904. The minimum atomic E-state index is -0.276. The van der Waals surface area contributed by atoms with Crippen LogP contribution in [0.25, 0.3) is 0 Å². The van der Waals surface area contributed by atoms with Gasteiger partial charge in [-0.15, -0.1) is 0 Å². The predicted molar refractivity (Wildman–Crippen MR) is 95.7 cm³/mol. The number of para-hydroxylation sites is 1. The first-order valence-electron chi connectivity index (χ1n) is 8.49. The number of carbonyl (C=O) groups is 2. The molecule has 130 valence electrons. The maximum atomic E-state index is 12.6. The van der Waals surface area contributed by atoms with Crippen LogP contribution in [0.3, 0.4) is 0 Å². The Morgan fingerprint density at radius 1 is 1.08 bits per heavy atom. The predicted octanol–water partition coefficient (Wildman–Crippen LogP) is 2.74. The van der Waals surface area contributed by atoms with E-state index < -0.39 is 0 Å². The first-order valence-corrected chi connectivity index (χ1v) is 8.49. The average Bonchev–Trinajstić information content (AvgIpc) is 2.62. The van der Waals surface area contributed by atoms with Crippen LogP contribution in [-0.2, 0) is 0 Å². The van der Waals surface area contributed by atoms with Crippen molar-refractivity contribution in [1.29, 1.82) is 0 Å². The Kier molecular flexibility index (Phi) is 5.03. The molecule has 2 aromatic carbocycles. The molecule has 0 spiro atoms. The lowest BCUT2D eigenvalue weighted by atomic mass is 10.0. The van der Waals surface area contributed by atoms with Gasteiger partial charge in [-0.1, -0.05) is 29.8 Å². The largest absolute Gasteiger partial charge is 0.507 e. The maximum absolute atomic E-state index is 12.6. The van der Waals surface area contributed by atoms with Gasteiger partial charge in [0, 0.05) is 24.7 Å². The van der Waals surface area contributed by atoms with Crippen LogP contribution in [0.1, 0.15) is 39.1 Å². The zero-order valence-electron chi connectivity index (χ0n) is 14.2. The summed E-state index contributed by atoms with van der Waals surface area (Å²) in [7, 11) is 0. The van der Waals surface area contributed by atoms with E-state index in [0.717, 1.165) is 5.56 Å². The summed E-state index contributed by atoms with van der Waals surface area (Å²) in [6, 6.07) is 14.1. The highest BCUT2D eigenvalue weighted by Gasteiger charge is 2.25. The van der Waals surface area contributed by atoms with Crippen molar-refractivity contribution in [3.05, 3.63) is 65.2 Å². The molecular weight excluding hydrogens is 316 g/mol. The standard InChI is InChI=1S/C20H22N2O3/c1-14-5-4-6-15(13-14)20(25)22-11-9-16(10-12-22)21-19(24)17-7-2-3-8-18(17)23/h2-8,13,16,23H,9-12H2,1H3,(H,21,24). The number of nitrogens with zero attached hydrogens (tertiary/aromatic N) is 1. The van der Waals surface area contributed by atoms with Gasteiger partial charge in [0.1, 0.15) is 5.75 Å². The Morgan fingerprint density at radius 3 is 2.48 bits per heavy atom. The molecule has 2 aromatic rings. The third-order valence-electron chi connectivity index (χ3n) is 4.53. The summed E-state index contributed by atoms with van der Waals surface area (Å²) >= 11 is 0. The smallest absolute Gasteiger partial charge is 0.255 e. The summed E-state index contributed by atoms with van der Waals surface area (Å²) in [5.41, 5.74) is 2.05. The van der Waals surface area contributed by atoms with Crippen molar-refractivity contribution in [2.24, 2.45) is 0 Å². The maximum Gasteiger partial charge on any atom is 0.255 e. The molecule has 0 saturated carbocycles. The highest BCUT2D eigenvalue weighted by Crippen LogP contribution is 2.18. The molecule has 5 nitrogen and oxygen atoms in total. The molecule has 0 aromatic heterocycles. The molecule has 3 rings (SSSR count). The van der Waals surface area contributed by atoms with Gasteiger partial charge in [-0.05, 0) is 44.0 Å². The summed E-state index contributed by atoms with van der Waals surface area (Å²) in [6.45, 7) is 3.19. The second kappa shape index (κ2) is 7.38. The zero-order valence-corrected chi connectivity index (χ0v) is 14.2. The first kappa shape index (κ1) is 17.0. The van der Waals surface area contributed by atoms with E-state index in [2.05, 4.69) is 5.32 Å². The Bertz CT molecular complexity index is 780. The number of rotatable bonds is 3. The lowest BCUT2D eigenvalue weighted by Crippen LogP contribution is -2.46. The van der Waals surface area contributed by atoms with Gasteiger partial charge in [0.2, 0.25) is 0 Å². The van der Waals surface area contributed by atoms with Crippen molar-refractivity contribution in [1.82, 2.24) is 10.2 Å². The number of likely N-dealkylation sites (tertiary alicyclic amines) is 1. The van der Waals surface area contributed by atoms with Gasteiger partial charge in [-0.2, -0.15) is 0 Å². The van der Waals surface area contributed by atoms with Crippen LogP contribution in [0.5, 0.6) is 5.75 Å². The molecule has 1 fully saturated rings. The molecule has 2 N–H and O–H groups in total. The summed E-state index contributed by atoms with van der Waals surface area (Å²) < 4.78 is 0. The molecule has 5 heteroatoms. The number of nitrogens with one attached hydrogen (secondary N) is 1. The topological polar surface area (TPSA) is 69.6 Å². The van der Waals surface area contributed by atoms with Crippen LogP contribution < -0.4 is 5.32 Å². The molecule has 2 amide bonds. The van der Waals surface area contributed by atoms with Gasteiger partial charge in [-0.3, -0.25) is 9.59 Å². The number of phenolic OH excluding ortho intramolecular Hbond substituents is 1. The summed E-state index contributed by atoms with van der Waals surface area (Å²) in [5, 5.41) is 12.7. The van der Waals surface area contributed by atoms with Gasteiger partial charge in [0.05, 0.1) is 5.56 Å². The fourth-order valence-electron chi connectivity index (χ4n) is 3.12. The van der Waals surface area contributed by atoms with Crippen molar-refractivity contribution >= 4 is 11.8 Å². The normalized spacial score (nSPS) is 15.0. The van der Waals surface area contributed by atoms with Crippen molar-refractivity contribution in [2.45, 2.75) is 25.8 Å². The molecule has 25 heavy (non-hydrogen) atoms. The Balaban J connectivity index is 1.56. The number of benzene rings is 2. The summed E-state index contributed by atoms with van der Waals surface area (Å²) in [5.74, 6) is -0.261. The lowest BCUT2D eigenvalue weighted by Gasteiger charge is -2.32. The van der Waals surface area contributed by atoms with Crippen molar-refractivity contribution in [3.63, 3.8) is 0 Å². The number of aromatic hydroxyl groups is 1. The fourth-order valence-corrected chi connectivity index (χ4v) is 3.12. The molecule has 0 radical (unpaired) electrons. The van der Waals surface area contributed by atoms with Crippen LogP contribution in [-0.4, -0.2) is 41.0 Å². The number of hydrogen-bond donors (Lipinski definition) is 2. The minimum absolute atomic E-state index is 0.00802. The average molecular weight is 338 g/mol. The zero-order chi connectivity index (χ0) is 17.8. The fraction of sp³-hybridized carbons (Fsp3) is 0.300. The first-order chi connectivity index (χ1) is 12.0. The van der Waals surface area contributed by atoms with Gasteiger partial charge >= 0.3 is 0 Å². The highest BCUT2D eigenvalue weighted by atomic mass is 16.3. The Morgan fingerprint density at radius 2 is 1.80 bits per heavy atom. The van der Waals surface area contributed by atoms with Gasteiger partial charge in [0.15, 0.2) is 0 Å². The molecule has 0 atom stereocenters. The van der Waals surface area contributed by atoms with Crippen molar-refractivity contribution in [2.75, 3.05) is 13.1 Å². The van der Waals surface area contributed by atoms with E-state index in [4.69, 9.17) is 0 Å². The van der Waals surface area contributed by atoms with E-state index in [1.54, 1.807) is 18.2 Å². The number of amides is 2. The summed E-state index contributed by atoms with van der Waals surface area (Å²) in [4.78, 5) is 26.6. The van der Waals surface area contributed by atoms with Gasteiger partial charge in [-0.25, -0.2) is 0 Å². The van der Waals surface area contributed by atoms with E-state index in [1.165, 1.54) is 6.07 Å². The SMILES string of the molecule is Cc1cccc(C(=O)N2CCC(NC(=O)c3ccccc3O)CC2)c1. The van der Waals surface area contributed by atoms with Crippen LogP contribution in [0.15, 0.2) is 48.5 Å². The minimum Gasteiger partial charge on any atom is -0.507 e. The number of carbonyl (C=O) groups excluding carboxylic acids is 2. The van der Waals surface area contributed by atoms with Crippen molar-refractivity contribution < 1.29 is 14.7 Å². The number of aryl methyl sites for hydroxylation is 1. The molecular formula is C20H22N2O3. The number of piperidine rings is 1. The van der Waals surface area contributed by atoms with Crippen LogP contribution >= 0.6 is 0 Å². The van der Waals surface area contributed by atoms with E-state index in [1.807, 2.05) is 36.1 Å². The third-order valence-corrected chi connectivity index (χ3v) is 4.53. The molecule has 0 unspecified atom stereocenters. The monoisotopic (exact) mass is 338 g/mol. The highest BCUT2D eigenvalue weighted by molar-refractivity contribution is 5.97. The van der Waals surface area contributed by atoms with Crippen molar-refractivity contribution in [3.8, 4) is 5.75 Å². The molecule has 0 bridgehead atoms. The van der Waals surface area contributed by atoms with Crippen LogP contribution in [0.4, 0.5) is 0 Å². The Hall–Kier alpha value is -2.82. The summed E-state index contributed by atoms with van der Waals surface area (Å²) in [6.07, 6.45) is 1.41. The van der Waals surface area contributed by atoms with Crippen LogP contribution in [0.2, 0.25) is 0 Å². The molecule has 0 aliphatic carbocycles. The molecule has 1 aliphatic rings. The molecule has 1 heterocycles. The van der Waals surface area contributed by atoms with Crippen LogP contribution in [0, 0.1) is 6.92 Å². The third kappa shape index (κ3) is 3.99. The molecule has 1 aliphatic heterocycles. The molecule has 1 saturated heterocycles. The van der Waals surface area contributed by atoms with E-state index in [0.29, 0.717) is 31.5 Å². The number of phenols is 1. The number of hydrogen-bond acceptors (Lipinski definition) is 3. The van der Waals surface area contributed by atoms with E-state index >= 15 is 0 Å². The second-order valence-electron chi connectivity index (χ2n) is 6.43. The lowest BCUT2D eigenvalue weighted by molar-refractivity contribution is 0.0698. The Labute approximate surface area is 147 Å². The van der Waals surface area contributed by atoms with Gasteiger partial charge in [0.25, 0.3) is 11.8 Å². The second-order valence-corrected chi connectivity index (χ2v) is 6.43.